The molecular formula is C21H23F2NO2. The molecule has 0 radical (unpaired) electrons. The second-order valence-electron chi connectivity index (χ2n) is 7.13. The third-order valence-electron chi connectivity index (χ3n) is 5.35. The van der Waals surface area contributed by atoms with Crippen LogP contribution in [0.3, 0.4) is 0 Å². The Morgan fingerprint density at radius 3 is 2.54 bits per heavy atom. The normalized spacial score (nSPS) is 18.9. The number of benzene rings is 2. The lowest BCUT2D eigenvalue weighted by molar-refractivity contribution is -0.137. The largest absolute Gasteiger partial charge is 0.480 e. The van der Waals surface area contributed by atoms with Gasteiger partial charge >= 0.3 is 5.97 Å². The minimum Gasteiger partial charge on any atom is -0.480 e. The van der Waals surface area contributed by atoms with Crippen LogP contribution < -0.4 is 0 Å². The number of nitrogens with zero attached hydrogens (tertiary/aromatic N) is 1. The fourth-order valence-corrected chi connectivity index (χ4v) is 4.15. The van der Waals surface area contributed by atoms with Crippen molar-refractivity contribution in [2.24, 2.45) is 0 Å². The van der Waals surface area contributed by atoms with Crippen molar-refractivity contribution in [3.63, 3.8) is 0 Å². The molecule has 3 nitrogen and oxygen atoms in total. The molecule has 0 saturated heterocycles. The van der Waals surface area contributed by atoms with E-state index in [1.807, 2.05) is 18.2 Å². The van der Waals surface area contributed by atoms with Gasteiger partial charge in [0.25, 0.3) is 0 Å². The van der Waals surface area contributed by atoms with Gasteiger partial charge in [0.15, 0.2) is 0 Å². The summed E-state index contributed by atoms with van der Waals surface area (Å²) >= 11 is 0. The first kappa shape index (κ1) is 18.5. The van der Waals surface area contributed by atoms with Crippen molar-refractivity contribution in [3.05, 3.63) is 70.8 Å². The molecular weight excluding hydrogens is 336 g/mol. The summed E-state index contributed by atoms with van der Waals surface area (Å²) < 4.78 is 27.1. The summed E-state index contributed by atoms with van der Waals surface area (Å²) in [5.74, 6) is -1.36. The molecule has 0 saturated carbocycles. The van der Waals surface area contributed by atoms with Crippen molar-refractivity contribution in [3.8, 4) is 0 Å². The van der Waals surface area contributed by atoms with E-state index < -0.39 is 5.97 Å². The molecule has 138 valence electrons. The maximum Gasteiger partial charge on any atom is 0.317 e. The van der Waals surface area contributed by atoms with E-state index in [0.717, 1.165) is 42.4 Å². The summed E-state index contributed by atoms with van der Waals surface area (Å²) in [6.45, 7) is 0.664. The minimum atomic E-state index is -0.845. The lowest BCUT2D eigenvalue weighted by Crippen LogP contribution is -2.30. The monoisotopic (exact) mass is 359 g/mol. The number of carboxylic acids is 1. The molecule has 1 N–H and O–H groups in total. The van der Waals surface area contributed by atoms with Gasteiger partial charge in [-0.1, -0.05) is 18.2 Å². The number of aryl methyl sites for hydroxylation is 1. The smallest absolute Gasteiger partial charge is 0.317 e. The molecule has 26 heavy (non-hydrogen) atoms. The third-order valence-corrected chi connectivity index (χ3v) is 5.35. The van der Waals surface area contributed by atoms with E-state index in [4.69, 9.17) is 5.11 Å². The van der Waals surface area contributed by atoms with E-state index in [9.17, 15) is 13.6 Å². The number of rotatable bonds is 7. The standard InChI is InChI=1S/C21H23F2NO2/c1-24(14-20(25)26)12-2-10-21(16-3-5-17(22)6-4-16)11-9-15-13-18(23)7-8-19(15)21/h3-8,13H,2,9-12,14H2,1H3,(H,25,26). The number of hydrogen-bond donors (Lipinski definition) is 1. The first-order valence-electron chi connectivity index (χ1n) is 8.86. The Hall–Kier alpha value is -2.27. The lowest BCUT2D eigenvalue weighted by atomic mass is 9.72. The first-order chi connectivity index (χ1) is 12.4. The zero-order chi connectivity index (χ0) is 18.7. The zero-order valence-corrected chi connectivity index (χ0v) is 14.8. The van der Waals surface area contributed by atoms with Gasteiger partial charge in [-0.2, -0.15) is 0 Å². The molecule has 0 bridgehead atoms. The second-order valence-corrected chi connectivity index (χ2v) is 7.13. The molecule has 1 aliphatic carbocycles. The highest BCUT2D eigenvalue weighted by Crippen LogP contribution is 2.47. The van der Waals surface area contributed by atoms with Crippen LogP contribution in [-0.2, 0) is 16.6 Å². The van der Waals surface area contributed by atoms with Crippen molar-refractivity contribution in [1.82, 2.24) is 4.90 Å². The van der Waals surface area contributed by atoms with Gasteiger partial charge in [-0.15, -0.1) is 0 Å². The molecule has 5 heteroatoms. The highest BCUT2D eigenvalue weighted by atomic mass is 19.1. The SMILES string of the molecule is CN(CCCC1(c2ccc(F)cc2)CCc2cc(F)ccc21)CC(=O)O. The number of fused-ring (bicyclic) bond motifs is 1. The van der Waals surface area contributed by atoms with Crippen molar-refractivity contribution in [2.75, 3.05) is 20.1 Å². The highest BCUT2D eigenvalue weighted by molar-refractivity contribution is 5.69. The molecule has 0 aromatic heterocycles. The maximum atomic E-state index is 13.6. The molecule has 2 aromatic carbocycles. The molecule has 2 aromatic rings. The number of aliphatic carboxylic acids is 1. The van der Waals surface area contributed by atoms with Crippen molar-refractivity contribution >= 4 is 5.97 Å². The van der Waals surface area contributed by atoms with Gasteiger partial charge < -0.3 is 5.11 Å². The van der Waals surface area contributed by atoms with Crippen LogP contribution >= 0.6 is 0 Å². The Balaban J connectivity index is 1.87. The first-order valence-corrected chi connectivity index (χ1v) is 8.86. The van der Waals surface area contributed by atoms with Crippen LogP contribution in [0.2, 0.25) is 0 Å². The topological polar surface area (TPSA) is 40.5 Å². The summed E-state index contributed by atoms with van der Waals surface area (Å²) in [5.41, 5.74) is 2.87. The van der Waals surface area contributed by atoms with E-state index in [-0.39, 0.29) is 23.6 Å². The average molecular weight is 359 g/mol. The second kappa shape index (κ2) is 7.54. The van der Waals surface area contributed by atoms with Crippen LogP contribution in [0.1, 0.15) is 36.0 Å². The van der Waals surface area contributed by atoms with Crippen LogP contribution in [0.15, 0.2) is 42.5 Å². The molecule has 0 heterocycles. The Morgan fingerprint density at radius 2 is 1.85 bits per heavy atom. The van der Waals surface area contributed by atoms with Gasteiger partial charge in [0.1, 0.15) is 11.6 Å². The molecule has 3 rings (SSSR count). The fraction of sp³-hybridized carbons (Fsp3) is 0.381. The summed E-state index contributed by atoms with van der Waals surface area (Å²) in [5, 5.41) is 8.89. The quantitative estimate of drug-likeness (QED) is 0.813. The lowest BCUT2D eigenvalue weighted by Gasteiger charge is -2.32. The highest BCUT2D eigenvalue weighted by Gasteiger charge is 2.39. The van der Waals surface area contributed by atoms with Crippen molar-refractivity contribution < 1.29 is 18.7 Å². The predicted octanol–water partition coefficient (Wildman–Crippen LogP) is 3.99. The number of carbonyl (C=O) groups is 1. The Bertz CT molecular complexity index is 791. The summed E-state index contributed by atoms with van der Waals surface area (Å²) in [6.07, 6.45) is 3.24. The van der Waals surface area contributed by atoms with Gasteiger partial charge in [-0.05, 0) is 80.2 Å². The van der Waals surface area contributed by atoms with E-state index in [1.165, 1.54) is 18.2 Å². The van der Waals surface area contributed by atoms with E-state index in [1.54, 1.807) is 18.0 Å². The van der Waals surface area contributed by atoms with Crippen LogP contribution in [0.5, 0.6) is 0 Å². The van der Waals surface area contributed by atoms with Crippen LogP contribution in [-0.4, -0.2) is 36.1 Å². The molecule has 0 aliphatic heterocycles. The third kappa shape index (κ3) is 3.78. The van der Waals surface area contributed by atoms with Crippen LogP contribution in [0, 0.1) is 11.6 Å². The number of likely N-dealkylation sites (N-methyl/N-ethyl adjacent to an activating group) is 1. The van der Waals surface area contributed by atoms with Gasteiger partial charge in [0.05, 0.1) is 6.54 Å². The van der Waals surface area contributed by atoms with Gasteiger partial charge in [-0.3, -0.25) is 9.69 Å². The van der Waals surface area contributed by atoms with Gasteiger partial charge in [0, 0.05) is 5.41 Å². The summed E-state index contributed by atoms with van der Waals surface area (Å²) in [7, 11) is 1.79. The number of carboxylic acid groups (broad SMARTS) is 1. The number of halogens is 2. The molecule has 1 atom stereocenters. The predicted molar refractivity (Wildman–Crippen MR) is 96.3 cm³/mol. The van der Waals surface area contributed by atoms with Gasteiger partial charge in [-0.25, -0.2) is 8.78 Å². The molecule has 1 unspecified atom stereocenters. The van der Waals surface area contributed by atoms with Crippen molar-refractivity contribution in [2.45, 2.75) is 31.1 Å². The van der Waals surface area contributed by atoms with Crippen LogP contribution in [0.25, 0.3) is 0 Å². The van der Waals surface area contributed by atoms with Crippen molar-refractivity contribution in [1.29, 1.82) is 0 Å². The van der Waals surface area contributed by atoms with E-state index in [0.29, 0.717) is 6.54 Å². The average Bonchev–Trinajstić information content (AvgIpc) is 2.93. The summed E-state index contributed by atoms with van der Waals surface area (Å²) in [6, 6.07) is 11.5. The molecule has 0 spiro atoms. The minimum absolute atomic E-state index is 0.00530. The van der Waals surface area contributed by atoms with E-state index >= 15 is 0 Å². The van der Waals surface area contributed by atoms with E-state index in [2.05, 4.69) is 0 Å². The summed E-state index contributed by atoms with van der Waals surface area (Å²) in [4.78, 5) is 12.6. The zero-order valence-electron chi connectivity index (χ0n) is 14.8. The van der Waals surface area contributed by atoms with Crippen LogP contribution in [0.4, 0.5) is 8.78 Å². The Labute approximate surface area is 152 Å². The number of hydrogen-bond acceptors (Lipinski definition) is 2. The van der Waals surface area contributed by atoms with Gasteiger partial charge in [0.2, 0.25) is 0 Å². The maximum absolute atomic E-state index is 13.6. The molecule has 1 aliphatic rings. The molecule has 0 fully saturated rings. The molecule has 0 amide bonds. The Morgan fingerprint density at radius 1 is 1.15 bits per heavy atom. The Kier molecular flexibility index (Phi) is 5.37. The fourth-order valence-electron chi connectivity index (χ4n) is 4.15.